The third-order valence-electron chi connectivity index (χ3n) is 3.11. The first-order valence-corrected chi connectivity index (χ1v) is 8.85. The summed E-state index contributed by atoms with van der Waals surface area (Å²) in [6.07, 6.45) is 1.52. The topological polar surface area (TPSA) is 20.3 Å². The van der Waals surface area contributed by atoms with Crippen molar-refractivity contribution in [3.63, 3.8) is 0 Å². The Kier molecular flexibility index (Phi) is 4.59. The number of aryl methyl sites for hydroxylation is 1. The molecule has 2 rings (SSSR count). The molecule has 0 aliphatic heterocycles. The molecule has 112 valence electrons. The van der Waals surface area contributed by atoms with Crippen molar-refractivity contribution in [2.75, 3.05) is 10.6 Å². The van der Waals surface area contributed by atoms with Gasteiger partial charge >= 0.3 is 0 Å². The van der Waals surface area contributed by atoms with Crippen LogP contribution in [0.3, 0.4) is 0 Å². The van der Waals surface area contributed by atoms with Crippen molar-refractivity contribution in [2.24, 2.45) is 0 Å². The standard InChI is InChI=1S/C16H17ClFNOS/c1-12-8-9-13(15(18)10-12)11-19(21(2,3)20)16-7-5-4-6-14(16)17/h4-10H,2,11H2,1,3H3. The third kappa shape index (κ3) is 3.77. The molecule has 0 amide bonds. The van der Waals surface area contributed by atoms with Crippen molar-refractivity contribution in [1.82, 2.24) is 0 Å². The molecule has 0 aliphatic rings. The van der Waals surface area contributed by atoms with Gasteiger partial charge in [-0.05, 0) is 36.6 Å². The lowest BCUT2D eigenvalue weighted by Crippen LogP contribution is -2.29. The molecule has 0 aromatic heterocycles. The third-order valence-corrected chi connectivity index (χ3v) is 4.69. The van der Waals surface area contributed by atoms with Crippen molar-refractivity contribution >= 4 is 32.9 Å². The lowest BCUT2D eigenvalue weighted by Gasteiger charge is -2.27. The molecule has 0 heterocycles. The van der Waals surface area contributed by atoms with Crippen LogP contribution in [0.4, 0.5) is 10.1 Å². The Labute approximate surface area is 130 Å². The fourth-order valence-electron chi connectivity index (χ4n) is 2.02. The van der Waals surface area contributed by atoms with Crippen LogP contribution in [0.25, 0.3) is 0 Å². The van der Waals surface area contributed by atoms with Crippen molar-refractivity contribution < 1.29 is 8.60 Å². The fourth-order valence-corrected chi connectivity index (χ4v) is 3.29. The minimum absolute atomic E-state index is 0.147. The average molecular weight is 326 g/mol. The van der Waals surface area contributed by atoms with Gasteiger partial charge in [-0.3, -0.25) is 4.31 Å². The number of para-hydroxylation sites is 1. The van der Waals surface area contributed by atoms with Gasteiger partial charge in [0.25, 0.3) is 0 Å². The number of anilines is 1. The van der Waals surface area contributed by atoms with E-state index < -0.39 is 9.71 Å². The number of nitrogens with zero attached hydrogens (tertiary/aromatic N) is 1. The zero-order valence-electron chi connectivity index (χ0n) is 12.0. The second-order valence-corrected chi connectivity index (χ2v) is 7.81. The highest BCUT2D eigenvalue weighted by molar-refractivity contribution is 8.00. The van der Waals surface area contributed by atoms with Gasteiger partial charge in [0.2, 0.25) is 0 Å². The predicted molar refractivity (Wildman–Crippen MR) is 90.0 cm³/mol. The van der Waals surface area contributed by atoms with E-state index >= 15 is 0 Å². The molecule has 0 fully saturated rings. The first kappa shape index (κ1) is 15.9. The minimum Gasteiger partial charge on any atom is -0.294 e. The van der Waals surface area contributed by atoms with E-state index in [1.54, 1.807) is 34.6 Å². The summed E-state index contributed by atoms with van der Waals surface area (Å²) in [5.74, 6) is 3.38. The quantitative estimate of drug-likeness (QED) is 0.776. The van der Waals surface area contributed by atoms with E-state index in [0.29, 0.717) is 16.3 Å². The van der Waals surface area contributed by atoms with Crippen LogP contribution in [0.5, 0.6) is 0 Å². The van der Waals surface area contributed by atoms with Crippen molar-refractivity contribution in [1.29, 1.82) is 0 Å². The molecule has 0 saturated carbocycles. The van der Waals surface area contributed by atoms with Crippen LogP contribution < -0.4 is 4.31 Å². The smallest absolute Gasteiger partial charge is 0.128 e. The molecule has 0 N–H and O–H groups in total. The Balaban J connectivity index is 2.46. The van der Waals surface area contributed by atoms with Crippen LogP contribution in [0.15, 0.2) is 42.5 Å². The van der Waals surface area contributed by atoms with Gasteiger partial charge in [0.15, 0.2) is 0 Å². The molecule has 0 radical (unpaired) electrons. The Bertz CT molecular complexity index is 759. The molecule has 1 atom stereocenters. The zero-order valence-corrected chi connectivity index (χ0v) is 13.5. The molecule has 0 bridgehead atoms. The summed E-state index contributed by atoms with van der Waals surface area (Å²) < 4.78 is 28.0. The molecule has 0 saturated heterocycles. The zero-order chi connectivity index (χ0) is 15.6. The summed E-state index contributed by atoms with van der Waals surface area (Å²) in [7, 11) is -2.58. The summed E-state index contributed by atoms with van der Waals surface area (Å²) in [5.41, 5.74) is 1.88. The SMILES string of the molecule is C=S(C)(=O)N(Cc1ccc(C)cc1F)c1ccccc1Cl. The highest BCUT2D eigenvalue weighted by Crippen LogP contribution is 2.29. The molecule has 2 aromatic carbocycles. The van der Waals surface area contributed by atoms with E-state index in [1.807, 2.05) is 13.0 Å². The first-order valence-electron chi connectivity index (χ1n) is 6.38. The van der Waals surface area contributed by atoms with E-state index in [9.17, 15) is 8.60 Å². The van der Waals surface area contributed by atoms with Gasteiger partial charge in [0, 0.05) is 21.5 Å². The van der Waals surface area contributed by atoms with Crippen molar-refractivity contribution in [2.45, 2.75) is 13.5 Å². The molecule has 2 nitrogen and oxygen atoms in total. The van der Waals surface area contributed by atoms with Crippen molar-refractivity contribution in [3.8, 4) is 0 Å². The monoisotopic (exact) mass is 325 g/mol. The van der Waals surface area contributed by atoms with Crippen LogP contribution in [0.2, 0.25) is 5.02 Å². The first-order chi connectivity index (χ1) is 9.79. The second kappa shape index (κ2) is 6.08. The molecule has 0 spiro atoms. The molecular weight excluding hydrogens is 309 g/mol. The summed E-state index contributed by atoms with van der Waals surface area (Å²) in [6, 6.07) is 12.0. The number of hydrogen-bond donors (Lipinski definition) is 0. The Morgan fingerprint density at radius 2 is 1.95 bits per heavy atom. The van der Waals surface area contributed by atoms with Crippen LogP contribution in [0.1, 0.15) is 11.1 Å². The molecule has 21 heavy (non-hydrogen) atoms. The van der Waals surface area contributed by atoms with Crippen molar-refractivity contribution in [3.05, 3.63) is 64.4 Å². The average Bonchev–Trinajstić information content (AvgIpc) is 2.38. The molecule has 2 aromatic rings. The summed E-state index contributed by atoms with van der Waals surface area (Å²) in [5, 5.41) is 0.461. The van der Waals surface area contributed by atoms with Gasteiger partial charge < -0.3 is 0 Å². The van der Waals surface area contributed by atoms with E-state index in [-0.39, 0.29) is 12.4 Å². The maximum absolute atomic E-state index is 14.0. The summed E-state index contributed by atoms with van der Waals surface area (Å²) in [4.78, 5) is 0. The maximum atomic E-state index is 14.0. The van der Waals surface area contributed by atoms with Gasteiger partial charge in [-0.1, -0.05) is 35.9 Å². The van der Waals surface area contributed by atoms with E-state index in [4.69, 9.17) is 11.6 Å². The van der Waals surface area contributed by atoms with Gasteiger partial charge in [-0.25, -0.2) is 8.60 Å². The van der Waals surface area contributed by atoms with Gasteiger partial charge in [-0.2, -0.15) is 0 Å². The highest BCUT2D eigenvalue weighted by atomic mass is 35.5. The second-order valence-electron chi connectivity index (χ2n) is 5.04. The van der Waals surface area contributed by atoms with Gasteiger partial charge in [-0.15, -0.1) is 0 Å². The lowest BCUT2D eigenvalue weighted by atomic mass is 10.1. The number of benzene rings is 2. The van der Waals surface area contributed by atoms with Gasteiger partial charge in [0.1, 0.15) is 5.82 Å². The normalized spacial score (nSPS) is 13.7. The predicted octanol–water partition coefficient (Wildman–Crippen LogP) is 4.06. The number of rotatable bonds is 4. The van der Waals surface area contributed by atoms with Crippen LogP contribution >= 0.6 is 11.6 Å². The van der Waals surface area contributed by atoms with E-state index in [0.717, 1.165) is 5.56 Å². The van der Waals surface area contributed by atoms with Crippen LogP contribution in [-0.2, 0) is 16.3 Å². The summed E-state index contributed by atoms with van der Waals surface area (Å²) in [6.45, 7) is 1.97. The Hall–Kier alpha value is -1.52. The number of halogens is 2. The van der Waals surface area contributed by atoms with E-state index in [2.05, 4.69) is 5.87 Å². The molecule has 1 unspecified atom stereocenters. The largest absolute Gasteiger partial charge is 0.294 e. The van der Waals surface area contributed by atoms with Crippen LogP contribution in [0, 0.1) is 12.7 Å². The Morgan fingerprint density at radius 3 is 2.52 bits per heavy atom. The summed E-state index contributed by atoms with van der Waals surface area (Å²) >= 11 is 6.17. The minimum atomic E-state index is -2.58. The lowest BCUT2D eigenvalue weighted by molar-refractivity contribution is 0.608. The fraction of sp³-hybridized carbons (Fsp3) is 0.188. The molecular formula is C16H17ClFNOS. The van der Waals surface area contributed by atoms with E-state index in [1.165, 1.54) is 12.3 Å². The molecule has 5 heteroatoms. The highest BCUT2D eigenvalue weighted by Gasteiger charge is 2.17. The van der Waals surface area contributed by atoms with Gasteiger partial charge in [0.05, 0.1) is 17.3 Å². The molecule has 0 aliphatic carbocycles. The number of hydrogen-bond acceptors (Lipinski definition) is 1. The van der Waals surface area contributed by atoms with Crippen LogP contribution in [-0.4, -0.2) is 16.3 Å². The Morgan fingerprint density at radius 1 is 1.29 bits per heavy atom. The maximum Gasteiger partial charge on any atom is 0.128 e.